The zero-order valence-electron chi connectivity index (χ0n) is 12.0. The number of rotatable bonds is 4. The van der Waals surface area contributed by atoms with Crippen molar-refractivity contribution in [1.82, 2.24) is 5.32 Å². The number of carbonyl (C=O) groups is 2. The van der Waals surface area contributed by atoms with E-state index in [1.54, 1.807) is 6.07 Å². The van der Waals surface area contributed by atoms with Crippen molar-refractivity contribution in [1.29, 1.82) is 0 Å². The maximum absolute atomic E-state index is 12.3. The minimum atomic E-state index is -1.08. The van der Waals surface area contributed by atoms with Gasteiger partial charge < -0.3 is 20.5 Å². The monoisotopic (exact) mass is 292 g/mol. The Morgan fingerprint density at radius 1 is 1.33 bits per heavy atom. The fourth-order valence-electron chi connectivity index (χ4n) is 2.41. The summed E-state index contributed by atoms with van der Waals surface area (Å²) >= 11 is 0. The van der Waals surface area contributed by atoms with E-state index in [0.29, 0.717) is 5.75 Å². The molecule has 6 heteroatoms. The number of carbonyl (C=O) groups excluding carboxylic acids is 1. The van der Waals surface area contributed by atoms with Crippen LogP contribution in [0.15, 0.2) is 18.2 Å². The van der Waals surface area contributed by atoms with E-state index in [1.165, 1.54) is 19.2 Å². The van der Waals surface area contributed by atoms with Crippen LogP contribution in [0.4, 0.5) is 5.69 Å². The summed E-state index contributed by atoms with van der Waals surface area (Å²) in [6, 6.07) is 4.23. The molecule has 0 radical (unpaired) electrons. The van der Waals surface area contributed by atoms with Gasteiger partial charge >= 0.3 is 5.97 Å². The predicted molar refractivity (Wildman–Crippen MR) is 78.8 cm³/mol. The maximum atomic E-state index is 12.3. The van der Waals surface area contributed by atoms with Crippen molar-refractivity contribution in [3.8, 4) is 5.75 Å². The number of anilines is 1. The van der Waals surface area contributed by atoms with Crippen LogP contribution in [0.1, 0.15) is 36.0 Å². The molecule has 114 valence electrons. The van der Waals surface area contributed by atoms with Crippen molar-refractivity contribution in [2.24, 2.45) is 0 Å². The van der Waals surface area contributed by atoms with Gasteiger partial charge in [-0.15, -0.1) is 0 Å². The lowest BCUT2D eigenvalue weighted by Gasteiger charge is -2.17. The third-order valence-corrected chi connectivity index (χ3v) is 3.59. The van der Waals surface area contributed by atoms with Gasteiger partial charge in [-0.3, -0.25) is 4.79 Å². The van der Waals surface area contributed by atoms with Crippen LogP contribution in [-0.2, 0) is 4.79 Å². The standard InChI is InChI=1S/C15H20N2O4/c1-21-10-6-7-11(15(19)20)13(9-10)17-14(18)12-5-3-2-4-8-16-12/h6-7,9,12,16H,2-5,8H2,1H3,(H,17,18)(H,19,20). The molecule has 1 saturated heterocycles. The molecule has 1 heterocycles. The lowest BCUT2D eigenvalue weighted by Crippen LogP contribution is -2.40. The zero-order valence-corrected chi connectivity index (χ0v) is 12.0. The second kappa shape index (κ2) is 7.08. The van der Waals surface area contributed by atoms with Crippen LogP contribution in [0.2, 0.25) is 0 Å². The molecule has 21 heavy (non-hydrogen) atoms. The molecule has 0 saturated carbocycles. The Bertz CT molecular complexity index is 522. The van der Waals surface area contributed by atoms with E-state index in [0.717, 1.165) is 32.2 Å². The molecule has 1 aliphatic rings. The molecule has 1 aromatic carbocycles. The summed E-state index contributed by atoms with van der Waals surface area (Å²) in [6.07, 6.45) is 3.92. The Morgan fingerprint density at radius 2 is 2.14 bits per heavy atom. The molecule has 1 aromatic rings. The highest BCUT2D eigenvalue weighted by Crippen LogP contribution is 2.23. The number of aromatic carboxylic acids is 1. The molecule has 1 amide bonds. The average molecular weight is 292 g/mol. The number of benzene rings is 1. The highest BCUT2D eigenvalue weighted by atomic mass is 16.5. The van der Waals surface area contributed by atoms with E-state index in [2.05, 4.69) is 10.6 Å². The van der Waals surface area contributed by atoms with Crippen LogP contribution in [-0.4, -0.2) is 36.7 Å². The van der Waals surface area contributed by atoms with Crippen molar-refractivity contribution in [3.05, 3.63) is 23.8 Å². The van der Waals surface area contributed by atoms with Gasteiger partial charge in [-0.2, -0.15) is 0 Å². The maximum Gasteiger partial charge on any atom is 0.337 e. The van der Waals surface area contributed by atoms with Crippen molar-refractivity contribution >= 4 is 17.6 Å². The molecular weight excluding hydrogens is 272 g/mol. The number of hydrogen-bond acceptors (Lipinski definition) is 4. The van der Waals surface area contributed by atoms with Gasteiger partial charge in [0.05, 0.1) is 24.4 Å². The van der Waals surface area contributed by atoms with Gasteiger partial charge in [0.15, 0.2) is 0 Å². The van der Waals surface area contributed by atoms with E-state index < -0.39 is 5.97 Å². The van der Waals surface area contributed by atoms with Crippen molar-refractivity contribution in [2.45, 2.75) is 31.7 Å². The van der Waals surface area contributed by atoms with E-state index in [1.807, 2.05) is 0 Å². The molecule has 3 N–H and O–H groups in total. The minimum Gasteiger partial charge on any atom is -0.497 e. The van der Waals surface area contributed by atoms with Crippen LogP contribution < -0.4 is 15.4 Å². The minimum absolute atomic E-state index is 0.0535. The number of carboxylic acid groups (broad SMARTS) is 1. The fraction of sp³-hybridized carbons (Fsp3) is 0.467. The van der Waals surface area contributed by atoms with Gasteiger partial charge in [0.1, 0.15) is 5.75 Å². The van der Waals surface area contributed by atoms with Crippen LogP contribution in [0.5, 0.6) is 5.75 Å². The Kier molecular flexibility index (Phi) is 5.16. The number of hydrogen-bond donors (Lipinski definition) is 3. The number of carboxylic acids is 1. The van der Waals surface area contributed by atoms with Gasteiger partial charge in [-0.1, -0.05) is 12.8 Å². The molecule has 1 fully saturated rings. The van der Waals surface area contributed by atoms with Gasteiger partial charge in [-0.25, -0.2) is 4.79 Å². The van der Waals surface area contributed by atoms with E-state index in [9.17, 15) is 14.7 Å². The van der Waals surface area contributed by atoms with Crippen LogP contribution in [0.25, 0.3) is 0 Å². The third-order valence-electron chi connectivity index (χ3n) is 3.59. The average Bonchev–Trinajstić information content (AvgIpc) is 2.76. The van der Waals surface area contributed by atoms with E-state index >= 15 is 0 Å². The first-order valence-corrected chi connectivity index (χ1v) is 7.07. The van der Waals surface area contributed by atoms with E-state index in [4.69, 9.17) is 4.74 Å². The SMILES string of the molecule is COc1ccc(C(=O)O)c(NC(=O)C2CCCCCN2)c1. The molecule has 1 atom stereocenters. The van der Waals surface area contributed by atoms with Gasteiger partial charge in [0, 0.05) is 6.07 Å². The predicted octanol–water partition coefficient (Wildman–Crippen LogP) is 1.86. The largest absolute Gasteiger partial charge is 0.497 e. The number of nitrogens with one attached hydrogen (secondary N) is 2. The van der Waals surface area contributed by atoms with Gasteiger partial charge in [-0.05, 0) is 31.5 Å². The smallest absolute Gasteiger partial charge is 0.337 e. The fourth-order valence-corrected chi connectivity index (χ4v) is 2.41. The van der Waals surface area contributed by atoms with Crippen molar-refractivity contribution in [2.75, 3.05) is 19.0 Å². The molecule has 0 bridgehead atoms. The van der Waals surface area contributed by atoms with Crippen molar-refractivity contribution < 1.29 is 19.4 Å². The molecule has 6 nitrogen and oxygen atoms in total. The molecule has 1 unspecified atom stereocenters. The number of amides is 1. The Morgan fingerprint density at radius 3 is 2.86 bits per heavy atom. The zero-order chi connectivity index (χ0) is 15.2. The second-order valence-electron chi connectivity index (χ2n) is 5.06. The van der Waals surface area contributed by atoms with Crippen molar-refractivity contribution in [3.63, 3.8) is 0 Å². The third kappa shape index (κ3) is 3.95. The number of methoxy groups -OCH3 is 1. The van der Waals surface area contributed by atoms with Gasteiger partial charge in [0.25, 0.3) is 0 Å². The molecule has 0 aliphatic carbocycles. The lowest BCUT2D eigenvalue weighted by molar-refractivity contribution is -0.118. The molecule has 0 aromatic heterocycles. The molecule has 1 aliphatic heterocycles. The first kappa shape index (κ1) is 15.3. The summed E-state index contributed by atoms with van der Waals surface area (Å²) in [7, 11) is 1.49. The summed E-state index contributed by atoms with van der Waals surface area (Å²) in [4.78, 5) is 23.5. The van der Waals surface area contributed by atoms with E-state index in [-0.39, 0.29) is 23.2 Å². The summed E-state index contributed by atoms with van der Waals surface area (Å²) in [5, 5.41) is 15.1. The van der Waals surface area contributed by atoms with Crippen LogP contribution in [0.3, 0.4) is 0 Å². The summed E-state index contributed by atoms with van der Waals surface area (Å²) in [5.74, 6) is -0.779. The number of ether oxygens (including phenoxy) is 1. The van der Waals surface area contributed by atoms with Crippen LogP contribution in [0, 0.1) is 0 Å². The topological polar surface area (TPSA) is 87.7 Å². The normalized spacial score (nSPS) is 18.6. The summed E-state index contributed by atoms with van der Waals surface area (Å²) < 4.78 is 5.08. The first-order valence-electron chi connectivity index (χ1n) is 7.07. The first-order chi connectivity index (χ1) is 10.1. The second-order valence-corrected chi connectivity index (χ2v) is 5.06. The summed E-state index contributed by atoms with van der Waals surface area (Å²) in [5.41, 5.74) is 0.315. The quantitative estimate of drug-likeness (QED) is 0.788. The Balaban J connectivity index is 2.16. The highest BCUT2D eigenvalue weighted by molar-refractivity contribution is 6.02. The lowest BCUT2D eigenvalue weighted by atomic mass is 10.1. The molecular formula is C15H20N2O4. The Labute approximate surface area is 123 Å². The van der Waals surface area contributed by atoms with Gasteiger partial charge in [0.2, 0.25) is 5.91 Å². The highest BCUT2D eigenvalue weighted by Gasteiger charge is 2.21. The summed E-state index contributed by atoms with van der Waals surface area (Å²) in [6.45, 7) is 0.808. The molecule has 0 spiro atoms. The van der Waals surface area contributed by atoms with Crippen LogP contribution >= 0.6 is 0 Å². The Hall–Kier alpha value is -2.08. The molecule has 2 rings (SSSR count).